The molecule has 0 radical (unpaired) electrons. The number of halogens is 2. The minimum Gasteiger partial charge on any atom is -0.492 e. The summed E-state index contributed by atoms with van der Waals surface area (Å²) < 4.78 is 5.59. The van der Waals surface area contributed by atoms with Crippen LogP contribution in [0.2, 0.25) is 5.02 Å². The highest BCUT2D eigenvalue weighted by Crippen LogP contribution is 2.33. The van der Waals surface area contributed by atoms with Gasteiger partial charge in [0, 0.05) is 26.1 Å². The van der Waals surface area contributed by atoms with E-state index in [9.17, 15) is 0 Å². The van der Waals surface area contributed by atoms with Gasteiger partial charge in [0.2, 0.25) is 0 Å². The second kappa shape index (κ2) is 6.08. The Balaban J connectivity index is 2.73. The van der Waals surface area contributed by atoms with Crippen molar-refractivity contribution in [3.8, 4) is 5.75 Å². The van der Waals surface area contributed by atoms with E-state index in [1.165, 1.54) is 0 Å². The fourth-order valence-corrected chi connectivity index (χ4v) is 2.16. The molecule has 0 aliphatic carbocycles. The molecule has 0 heterocycles. The van der Waals surface area contributed by atoms with Crippen LogP contribution in [0.15, 0.2) is 23.1 Å². The van der Waals surface area contributed by atoms with Gasteiger partial charge < -0.3 is 4.74 Å². The first kappa shape index (κ1) is 12.5. The second-order valence-corrected chi connectivity index (χ2v) is 5.73. The molecule has 4 heteroatoms. The lowest BCUT2D eigenvalue weighted by atomic mass is 10.2. The van der Waals surface area contributed by atoms with E-state index < -0.39 is 0 Å². The Morgan fingerprint density at radius 2 is 2.21 bits per heavy atom. The molecule has 0 saturated carbocycles. The first-order valence-corrected chi connectivity index (χ1v) is 8.08. The Bertz CT molecular complexity index is 304. The van der Waals surface area contributed by atoms with E-state index in [0.717, 1.165) is 10.6 Å². The first-order chi connectivity index (χ1) is 6.63. The van der Waals surface area contributed by atoms with E-state index >= 15 is 0 Å². The molecule has 0 aliphatic rings. The van der Waals surface area contributed by atoms with Gasteiger partial charge in [-0.25, -0.2) is 0 Å². The molecule has 0 N–H and O–H groups in total. The smallest absolute Gasteiger partial charge is 0.139 e. The van der Waals surface area contributed by atoms with Crippen molar-refractivity contribution in [2.24, 2.45) is 5.92 Å². The van der Waals surface area contributed by atoms with Crippen molar-refractivity contribution in [2.75, 3.05) is 6.61 Å². The summed E-state index contributed by atoms with van der Waals surface area (Å²) in [4.78, 5) is 1.16. The molecule has 0 amide bonds. The van der Waals surface area contributed by atoms with Crippen molar-refractivity contribution in [1.82, 2.24) is 0 Å². The molecule has 0 bridgehead atoms. The van der Waals surface area contributed by atoms with Crippen LogP contribution in [0, 0.1) is 5.92 Å². The van der Waals surface area contributed by atoms with Gasteiger partial charge in [-0.05, 0) is 24.1 Å². The lowest BCUT2D eigenvalue weighted by molar-refractivity contribution is 0.270. The Morgan fingerprint density at radius 1 is 1.50 bits per heavy atom. The average molecular weight is 343 g/mol. The molecule has 0 aromatic heterocycles. The van der Waals surface area contributed by atoms with Crippen molar-refractivity contribution in [1.29, 1.82) is 0 Å². The van der Waals surface area contributed by atoms with E-state index in [2.05, 4.69) is 35.1 Å². The Hall–Kier alpha value is 0.390. The van der Waals surface area contributed by atoms with Crippen molar-refractivity contribution in [2.45, 2.75) is 18.7 Å². The highest BCUT2D eigenvalue weighted by molar-refractivity contribution is 14.2. The molecule has 1 aromatic carbocycles. The van der Waals surface area contributed by atoms with Gasteiger partial charge in [-0.2, -0.15) is 0 Å². The van der Waals surface area contributed by atoms with Crippen LogP contribution in [0.4, 0.5) is 0 Å². The lowest BCUT2D eigenvalue weighted by Gasteiger charge is -2.10. The van der Waals surface area contributed by atoms with E-state index in [1.807, 2.05) is 18.2 Å². The van der Waals surface area contributed by atoms with E-state index in [4.69, 9.17) is 16.3 Å². The van der Waals surface area contributed by atoms with Crippen LogP contribution in [0.5, 0.6) is 5.75 Å². The van der Waals surface area contributed by atoms with Crippen LogP contribution in [0.3, 0.4) is 0 Å². The summed E-state index contributed by atoms with van der Waals surface area (Å²) in [6, 6.07) is 5.84. The highest BCUT2D eigenvalue weighted by Gasteiger charge is 2.04. The molecule has 78 valence electrons. The van der Waals surface area contributed by atoms with Gasteiger partial charge in [-0.1, -0.05) is 34.4 Å². The molecule has 0 unspecified atom stereocenters. The second-order valence-electron chi connectivity index (χ2n) is 3.37. The Labute approximate surface area is 106 Å². The predicted octanol–water partition coefficient (Wildman–Crippen LogP) is 4.82. The SMILES string of the molecule is CC(C)COc1cc(SI)ccc1Cl. The standard InChI is InChI=1S/C10H12ClIOS/c1-7(2)6-13-10-5-8(14-12)3-4-9(10)11/h3-5,7H,6H2,1-2H3. The summed E-state index contributed by atoms with van der Waals surface area (Å²) >= 11 is 8.24. The van der Waals surface area contributed by atoms with Crippen molar-refractivity contribution in [3.05, 3.63) is 23.2 Å². The minimum atomic E-state index is 0.516. The molecule has 0 saturated heterocycles. The summed E-state index contributed by atoms with van der Waals surface area (Å²) in [7, 11) is 1.66. The normalized spacial score (nSPS) is 10.6. The van der Waals surface area contributed by atoms with Gasteiger partial charge in [0.05, 0.1) is 11.6 Å². The molecule has 0 spiro atoms. The number of ether oxygens (including phenoxy) is 1. The molecule has 1 rings (SSSR count). The largest absolute Gasteiger partial charge is 0.492 e. The molecule has 1 nitrogen and oxygen atoms in total. The zero-order chi connectivity index (χ0) is 10.6. The lowest BCUT2D eigenvalue weighted by Crippen LogP contribution is -2.04. The number of benzene rings is 1. The molecule has 0 aliphatic heterocycles. The van der Waals surface area contributed by atoms with Gasteiger partial charge in [-0.15, -0.1) is 0 Å². The quantitative estimate of drug-likeness (QED) is 0.726. The summed E-state index contributed by atoms with van der Waals surface area (Å²) in [5.74, 6) is 1.30. The van der Waals surface area contributed by atoms with Crippen LogP contribution >= 0.6 is 41.7 Å². The maximum atomic E-state index is 6.00. The third-order valence-electron chi connectivity index (χ3n) is 1.56. The third kappa shape index (κ3) is 3.87. The topological polar surface area (TPSA) is 9.23 Å². The molecule has 0 atom stereocenters. The predicted molar refractivity (Wildman–Crippen MR) is 71.7 cm³/mol. The maximum absolute atomic E-state index is 6.00. The van der Waals surface area contributed by atoms with Gasteiger partial charge in [0.1, 0.15) is 5.75 Å². The third-order valence-corrected chi connectivity index (χ3v) is 3.83. The van der Waals surface area contributed by atoms with Crippen LogP contribution in [0.1, 0.15) is 13.8 Å². The molecule has 0 fully saturated rings. The summed E-state index contributed by atoms with van der Waals surface area (Å²) in [6.07, 6.45) is 0. The maximum Gasteiger partial charge on any atom is 0.139 e. The zero-order valence-electron chi connectivity index (χ0n) is 8.09. The number of hydrogen-bond acceptors (Lipinski definition) is 2. The van der Waals surface area contributed by atoms with Gasteiger partial charge >= 0.3 is 0 Å². The summed E-state index contributed by atoms with van der Waals surface area (Å²) in [5.41, 5.74) is 0. The van der Waals surface area contributed by atoms with Crippen molar-refractivity contribution < 1.29 is 4.74 Å². The van der Waals surface area contributed by atoms with Gasteiger partial charge in [0.15, 0.2) is 0 Å². The van der Waals surface area contributed by atoms with Crippen molar-refractivity contribution >= 4 is 41.7 Å². The summed E-state index contributed by atoms with van der Waals surface area (Å²) in [5, 5.41) is 0.680. The first-order valence-electron chi connectivity index (χ1n) is 4.34. The Kier molecular flexibility index (Phi) is 5.41. The molecule has 14 heavy (non-hydrogen) atoms. The summed E-state index contributed by atoms with van der Waals surface area (Å²) in [6.45, 7) is 4.94. The van der Waals surface area contributed by atoms with E-state index in [-0.39, 0.29) is 0 Å². The van der Waals surface area contributed by atoms with Crippen LogP contribution < -0.4 is 4.74 Å². The van der Waals surface area contributed by atoms with Crippen LogP contribution in [0.25, 0.3) is 0 Å². The van der Waals surface area contributed by atoms with E-state index in [1.54, 1.807) is 8.93 Å². The molecular weight excluding hydrogens is 331 g/mol. The molecule has 1 aromatic rings. The highest BCUT2D eigenvalue weighted by atomic mass is 127. The average Bonchev–Trinajstić information content (AvgIpc) is 2.16. The Morgan fingerprint density at radius 3 is 2.79 bits per heavy atom. The van der Waals surface area contributed by atoms with E-state index in [0.29, 0.717) is 17.5 Å². The monoisotopic (exact) mass is 342 g/mol. The van der Waals surface area contributed by atoms with Crippen LogP contribution in [-0.2, 0) is 0 Å². The van der Waals surface area contributed by atoms with Gasteiger partial charge in [0.25, 0.3) is 0 Å². The number of hydrogen-bond donors (Lipinski definition) is 0. The zero-order valence-corrected chi connectivity index (χ0v) is 11.8. The van der Waals surface area contributed by atoms with Crippen LogP contribution in [-0.4, -0.2) is 6.61 Å². The number of rotatable bonds is 4. The minimum absolute atomic E-state index is 0.516. The fraction of sp³-hybridized carbons (Fsp3) is 0.400. The van der Waals surface area contributed by atoms with Gasteiger partial charge in [-0.3, -0.25) is 0 Å². The fourth-order valence-electron chi connectivity index (χ4n) is 0.899. The van der Waals surface area contributed by atoms with Crippen molar-refractivity contribution in [3.63, 3.8) is 0 Å². The molecular formula is C10H12ClIOS.